The third-order valence-corrected chi connectivity index (χ3v) is 6.39. The lowest BCUT2D eigenvalue weighted by atomic mass is 10.0. The second-order valence-corrected chi connectivity index (χ2v) is 8.61. The van der Waals surface area contributed by atoms with Gasteiger partial charge in [-0.1, -0.05) is 18.2 Å². The van der Waals surface area contributed by atoms with Gasteiger partial charge in [-0.25, -0.2) is 0 Å². The number of amides is 1. The molecule has 32 heavy (non-hydrogen) atoms. The van der Waals surface area contributed by atoms with Crippen LogP contribution in [0.15, 0.2) is 48.7 Å². The van der Waals surface area contributed by atoms with Crippen molar-refractivity contribution in [1.82, 2.24) is 9.80 Å². The molecule has 2 aromatic carbocycles. The van der Waals surface area contributed by atoms with Crippen molar-refractivity contribution in [1.29, 1.82) is 0 Å². The van der Waals surface area contributed by atoms with E-state index in [1.807, 2.05) is 6.92 Å². The summed E-state index contributed by atoms with van der Waals surface area (Å²) in [6.07, 6.45) is 0.762. The highest BCUT2D eigenvalue weighted by Gasteiger charge is 2.33. The number of rotatable bonds is 4. The second kappa shape index (κ2) is 7.76. The fraction of sp³-hybridized carbons (Fsp3) is 0.375. The lowest BCUT2D eigenvalue weighted by molar-refractivity contribution is -0.274. The van der Waals surface area contributed by atoms with Gasteiger partial charge in [0.1, 0.15) is 5.75 Å². The first kappa shape index (κ1) is 20.7. The van der Waals surface area contributed by atoms with Crippen molar-refractivity contribution in [3.8, 4) is 5.75 Å². The van der Waals surface area contributed by atoms with E-state index in [1.54, 1.807) is 17.0 Å². The Bertz CT molecular complexity index is 1070. The fourth-order valence-corrected chi connectivity index (χ4v) is 4.90. The van der Waals surface area contributed by atoms with Gasteiger partial charge in [0, 0.05) is 50.0 Å². The van der Waals surface area contributed by atoms with Crippen LogP contribution in [0.3, 0.4) is 0 Å². The van der Waals surface area contributed by atoms with Crippen molar-refractivity contribution in [3.05, 3.63) is 70.9 Å². The van der Waals surface area contributed by atoms with Crippen LogP contribution in [0.2, 0.25) is 0 Å². The van der Waals surface area contributed by atoms with E-state index in [9.17, 15) is 18.0 Å². The molecule has 1 atom stereocenters. The molecule has 168 valence electrons. The number of fused-ring (bicyclic) bond motifs is 2. The van der Waals surface area contributed by atoms with Crippen molar-refractivity contribution in [3.63, 3.8) is 0 Å². The summed E-state index contributed by atoms with van der Waals surface area (Å²) in [7, 11) is 0. The average molecular weight is 443 g/mol. The Balaban J connectivity index is 1.30. The zero-order valence-corrected chi connectivity index (χ0v) is 17.7. The molecule has 0 bridgehead atoms. The molecule has 1 amide bonds. The minimum Gasteiger partial charge on any atom is -0.406 e. The van der Waals surface area contributed by atoms with Crippen LogP contribution in [0, 0.1) is 6.92 Å². The summed E-state index contributed by atoms with van der Waals surface area (Å²) in [5.74, 6) is -0.306. The maximum Gasteiger partial charge on any atom is 0.573 e. The first-order valence-corrected chi connectivity index (χ1v) is 10.7. The van der Waals surface area contributed by atoms with E-state index in [-0.39, 0.29) is 11.7 Å². The minimum atomic E-state index is -4.72. The molecule has 0 aromatic heterocycles. The Morgan fingerprint density at radius 3 is 2.66 bits per heavy atom. The minimum absolute atomic E-state index is 0.0375. The fourth-order valence-electron chi connectivity index (χ4n) is 4.90. The smallest absolute Gasteiger partial charge is 0.406 e. The molecular formula is C24H24F3N3O2. The summed E-state index contributed by atoms with van der Waals surface area (Å²) in [5, 5.41) is 0. The lowest BCUT2D eigenvalue weighted by Gasteiger charge is -2.39. The number of carbonyl (C=O) groups is 1. The number of anilines is 1. The Morgan fingerprint density at radius 2 is 1.91 bits per heavy atom. The number of ether oxygens (including phenoxy) is 1. The summed E-state index contributed by atoms with van der Waals surface area (Å²) < 4.78 is 41.0. The van der Waals surface area contributed by atoms with Crippen LogP contribution in [0.5, 0.6) is 5.75 Å². The number of carbonyl (C=O) groups excluding carboxylic acids is 1. The molecule has 0 N–H and O–H groups in total. The molecule has 1 fully saturated rings. The van der Waals surface area contributed by atoms with Crippen molar-refractivity contribution < 1.29 is 22.7 Å². The van der Waals surface area contributed by atoms with Crippen LogP contribution in [0.4, 0.5) is 18.9 Å². The molecule has 3 heterocycles. The number of aryl methyl sites for hydroxylation is 1. The molecule has 1 unspecified atom stereocenters. The van der Waals surface area contributed by atoms with Crippen molar-refractivity contribution in [2.45, 2.75) is 38.8 Å². The van der Waals surface area contributed by atoms with E-state index < -0.39 is 6.36 Å². The van der Waals surface area contributed by atoms with Crippen LogP contribution in [-0.2, 0) is 13.1 Å². The highest BCUT2D eigenvalue weighted by Crippen LogP contribution is 2.33. The molecule has 5 nitrogen and oxygen atoms in total. The third kappa shape index (κ3) is 4.01. The number of nitrogens with zero attached hydrogens (tertiary/aromatic N) is 3. The Labute approximate surface area is 184 Å². The van der Waals surface area contributed by atoms with Gasteiger partial charge in [-0.15, -0.1) is 13.2 Å². The van der Waals surface area contributed by atoms with E-state index in [0.717, 1.165) is 54.0 Å². The predicted molar refractivity (Wildman–Crippen MR) is 114 cm³/mol. The number of halogens is 3. The molecule has 1 saturated heterocycles. The zero-order chi connectivity index (χ0) is 22.5. The summed E-state index contributed by atoms with van der Waals surface area (Å²) in [6.45, 7) is 5.71. The molecule has 3 aliphatic rings. The van der Waals surface area contributed by atoms with Gasteiger partial charge in [0.2, 0.25) is 0 Å². The van der Waals surface area contributed by atoms with Crippen molar-refractivity contribution in [2.24, 2.45) is 0 Å². The molecule has 5 rings (SSSR count). The summed E-state index contributed by atoms with van der Waals surface area (Å²) >= 11 is 0. The molecule has 3 aliphatic heterocycles. The van der Waals surface area contributed by atoms with E-state index >= 15 is 0 Å². The molecule has 8 heteroatoms. The highest BCUT2D eigenvalue weighted by molar-refractivity contribution is 6.00. The number of benzene rings is 2. The predicted octanol–water partition coefficient (Wildman–Crippen LogP) is 4.46. The lowest BCUT2D eigenvalue weighted by Crippen LogP contribution is -2.49. The number of hydrogen-bond donors (Lipinski definition) is 0. The largest absolute Gasteiger partial charge is 0.573 e. The highest BCUT2D eigenvalue weighted by atomic mass is 19.4. The van der Waals surface area contributed by atoms with Gasteiger partial charge in [-0.3, -0.25) is 4.79 Å². The van der Waals surface area contributed by atoms with Gasteiger partial charge in [0.15, 0.2) is 0 Å². The van der Waals surface area contributed by atoms with E-state index in [0.29, 0.717) is 19.1 Å². The van der Waals surface area contributed by atoms with Gasteiger partial charge in [-0.05, 0) is 60.5 Å². The van der Waals surface area contributed by atoms with E-state index in [1.165, 1.54) is 12.1 Å². The zero-order valence-electron chi connectivity index (χ0n) is 17.7. The molecular weight excluding hydrogens is 419 g/mol. The van der Waals surface area contributed by atoms with Crippen molar-refractivity contribution >= 4 is 11.6 Å². The van der Waals surface area contributed by atoms with Crippen molar-refractivity contribution in [2.75, 3.05) is 24.5 Å². The second-order valence-electron chi connectivity index (χ2n) is 8.61. The van der Waals surface area contributed by atoms with Crippen LogP contribution < -0.4 is 9.64 Å². The average Bonchev–Trinajstić information content (AvgIpc) is 3.32. The summed E-state index contributed by atoms with van der Waals surface area (Å²) in [4.78, 5) is 19.6. The van der Waals surface area contributed by atoms with Gasteiger partial charge in [-0.2, -0.15) is 0 Å². The first-order chi connectivity index (χ1) is 15.3. The Morgan fingerprint density at radius 1 is 1.12 bits per heavy atom. The molecule has 2 aromatic rings. The molecule has 0 aliphatic carbocycles. The molecule has 0 spiro atoms. The van der Waals surface area contributed by atoms with E-state index in [2.05, 4.69) is 38.9 Å². The topological polar surface area (TPSA) is 36.0 Å². The van der Waals surface area contributed by atoms with Crippen LogP contribution in [-0.4, -0.2) is 47.7 Å². The third-order valence-electron chi connectivity index (χ3n) is 6.39. The summed E-state index contributed by atoms with van der Waals surface area (Å²) in [6, 6.07) is 10.4. The Kier molecular flexibility index (Phi) is 5.03. The van der Waals surface area contributed by atoms with Crippen LogP contribution in [0.1, 0.15) is 33.5 Å². The first-order valence-electron chi connectivity index (χ1n) is 10.7. The SMILES string of the molecule is Cc1cc(N2CCN3C=CCC3C2)cc2c1C(=O)N(Cc1ccc(OC(F)(F)F)cc1)C2. The number of piperazine rings is 1. The summed E-state index contributed by atoms with van der Waals surface area (Å²) in [5.41, 5.74) is 4.62. The van der Waals surface area contributed by atoms with E-state index in [4.69, 9.17) is 0 Å². The van der Waals surface area contributed by atoms with Crippen LogP contribution in [0.25, 0.3) is 0 Å². The van der Waals surface area contributed by atoms with Gasteiger partial charge >= 0.3 is 6.36 Å². The Hall–Kier alpha value is -3.16. The normalized spacial score (nSPS) is 20.1. The maximum atomic E-state index is 13.0. The van der Waals surface area contributed by atoms with Gasteiger partial charge in [0.05, 0.1) is 0 Å². The standard InChI is InChI=1S/C24H24F3N3O2/c1-16-11-20(29-10-9-28-8-2-3-19(28)15-29)12-18-14-30(23(31)22(16)18)13-17-4-6-21(7-5-17)32-24(25,26)27/h2,4-8,11-12,19H,3,9-10,13-15H2,1H3. The van der Waals surface area contributed by atoms with Crippen LogP contribution >= 0.6 is 0 Å². The monoisotopic (exact) mass is 443 g/mol. The van der Waals surface area contributed by atoms with Gasteiger partial charge < -0.3 is 19.4 Å². The van der Waals surface area contributed by atoms with Gasteiger partial charge in [0.25, 0.3) is 5.91 Å². The quantitative estimate of drug-likeness (QED) is 0.699. The number of hydrogen-bond acceptors (Lipinski definition) is 4. The number of alkyl halides is 3. The molecule has 0 saturated carbocycles. The maximum absolute atomic E-state index is 13.0. The molecule has 0 radical (unpaired) electrons.